The Labute approximate surface area is 177 Å². The van der Waals surface area contributed by atoms with Gasteiger partial charge >= 0.3 is 0 Å². The molecule has 0 amide bonds. The maximum absolute atomic E-state index is 12.8. The van der Waals surface area contributed by atoms with E-state index in [2.05, 4.69) is 68.9 Å². The fraction of sp³-hybridized carbons (Fsp3) is 0.500. The van der Waals surface area contributed by atoms with Crippen LogP contribution in [0.15, 0.2) is 29.1 Å². The summed E-state index contributed by atoms with van der Waals surface area (Å²) in [6.07, 6.45) is 3.25. The molecule has 5 heteroatoms. The molecule has 0 fully saturated rings. The summed E-state index contributed by atoms with van der Waals surface area (Å²) in [6.45, 7) is 10.4. The summed E-state index contributed by atoms with van der Waals surface area (Å²) in [7, 11) is 2.07. The molecule has 1 unspecified atom stereocenters. The summed E-state index contributed by atoms with van der Waals surface area (Å²) in [5.41, 5.74) is 4.05. The zero-order valence-electron chi connectivity index (χ0n) is 18.1. The fourth-order valence-electron chi connectivity index (χ4n) is 4.20. The predicted molar refractivity (Wildman–Crippen MR) is 122 cm³/mol. The summed E-state index contributed by atoms with van der Waals surface area (Å²) in [5, 5.41) is 0.834. The third-order valence-corrected chi connectivity index (χ3v) is 7.05. The highest BCUT2D eigenvalue weighted by Crippen LogP contribution is 2.35. The summed E-state index contributed by atoms with van der Waals surface area (Å²) >= 11 is 1.72. The molecule has 2 heterocycles. The van der Waals surface area contributed by atoms with Crippen molar-refractivity contribution >= 4 is 21.6 Å². The van der Waals surface area contributed by atoms with Crippen LogP contribution in [0.4, 0.5) is 0 Å². The summed E-state index contributed by atoms with van der Waals surface area (Å²) in [6, 6.07) is 8.83. The first-order valence-corrected chi connectivity index (χ1v) is 11.3. The molecular weight excluding hydrogens is 378 g/mol. The van der Waals surface area contributed by atoms with Gasteiger partial charge in [-0.2, -0.15) is 0 Å². The minimum atomic E-state index is 0.0278. The summed E-state index contributed by atoms with van der Waals surface area (Å²) < 4.78 is 0. The number of H-pyrrole nitrogens is 1. The van der Waals surface area contributed by atoms with Gasteiger partial charge in [-0.05, 0) is 54.3 Å². The molecule has 1 N–H and O–H groups in total. The molecule has 0 bridgehead atoms. The van der Waals surface area contributed by atoms with Crippen LogP contribution < -0.4 is 5.56 Å². The lowest BCUT2D eigenvalue weighted by Gasteiger charge is -2.20. The number of aromatic amines is 1. The first kappa shape index (κ1) is 20.3. The topological polar surface area (TPSA) is 49.0 Å². The minimum Gasteiger partial charge on any atom is -0.309 e. The molecule has 0 spiro atoms. The van der Waals surface area contributed by atoms with E-state index in [-0.39, 0.29) is 11.0 Å². The molecule has 4 rings (SSSR count). The number of aryl methyl sites for hydroxylation is 1. The van der Waals surface area contributed by atoms with Gasteiger partial charge in [0, 0.05) is 11.4 Å². The molecule has 1 aliphatic rings. The monoisotopic (exact) mass is 409 g/mol. The molecule has 154 valence electrons. The van der Waals surface area contributed by atoms with Gasteiger partial charge in [-0.3, -0.25) is 9.69 Å². The van der Waals surface area contributed by atoms with Crippen molar-refractivity contribution in [3.05, 3.63) is 62.0 Å². The molecule has 0 aliphatic heterocycles. The second kappa shape index (κ2) is 7.69. The number of aromatic nitrogens is 2. The van der Waals surface area contributed by atoms with Crippen LogP contribution in [-0.2, 0) is 31.3 Å². The van der Waals surface area contributed by atoms with Crippen LogP contribution in [0.1, 0.15) is 61.5 Å². The Hall–Kier alpha value is -1.98. The number of rotatable bonds is 4. The van der Waals surface area contributed by atoms with E-state index in [0.717, 1.165) is 41.8 Å². The van der Waals surface area contributed by atoms with Gasteiger partial charge < -0.3 is 4.98 Å². The van der Waals surface area contributed by atoms with E-state index in [1.165, 1.54) is 21.6 Å². The smallest absolute Gasteiger partial charge is 0.259 e. The maximum atomic E-state index is 12.8. The third kappa shape index (κ3) is 4.31. The molecule has 0 saturated carbocycles. The van der Waals surface area contributed by atoms with E-state index in [0.29, 0.717) is 12.5 Å². The Morgan fingerprint density at radius 1 is 1.21 bits per heavy atom. The quantitative estimate of drug-likeness (QED) is 0.657. The van der Waals surface area contributed by atoms with Crippen molar-refractivity contribution in [1.82, 2.24) is 14.9 Å². The Bertz CT molecular complexity index is 1070. The largest absolute Gasteiger partial charge is 0.309 e. The van der Waals surface area contributed by atoms with Crippen LogP contribution in [0, 0.1) is 5.92 Å². The van der Waals surface area contributed by atoms with Crippen LogP contribution in [0.25, 0.3) is 10.2 Å². The first-order valence-electron chi connectivity index (χ1n) is 10.5. The maximum Gasteiger partial charge on any atom is 0.259 e. The van der Waals surface area contributed by atoms with Gasteiger partial charge in [-0.25, -0.2) is 4.98 Å². The SMILES string of the molecule is CC1CCc2c(sc3nc(CN(C)Cc4ccc(C(C)(C)C)cc4)[nH]c(=O)c23)C1. The number of nitrogens with one attached hydrogen (secondary N) is 1. The Morgan fingerprint density at radius 3 is 2.62 bits per heavy atom. The molecule has 1 aromatic carbocycles. The van der Waals surface area contributed by atoms with Crippen LogP contribution >= 0.6 is 11.3 Å². The van der Waals surface area contributed by atoms with Gasteiger partial charge in [-0.1, -0.05) is 52.0 Å². The summed E-state index contributed by atoms with van der Waals surface area (Å²) in [5.74, 6) is 1.45. The van der Waals surface area contributed by atoms with E-state index < -0.39 is 0 Å². The normalized spacial score (nSPS) is 17.1. The molecule has 3 aromatic rings. The van der Waals surface area contributed by atoms with Crippen LogP contribution in [-0.4, -0.2) is 21.9 Å². The second-order valence-corrected chi connectivity index (χ2v) is 10.7. The Kier molecular flexibility index (Phi) is 5.38. The van der Waals surface area contributed by atoms with Gasteiger partial charge in [0.25, 0.3) is 5.56 Å². The highest BCUT2D eigenvalue weighted by molar-refractivity contribution is 7.18. The van der Waals surface area contributed by atoms with E-state index in [4.69, 9.17) is 4.98 Å². The van der Waals surface area contributed by atoms with Gasteiger partial charge in [-0.15, -0.1) is 11.3 Å². The molecule has 1 aliphatic carbocycles. The fourth-order valence-corrected chi connectivity index (χ4v) is 5.60. The van der Waals surface area contributed by atoms with Crippen LogP contribution in [0.2, 0.25) is 0 Å². The number of hydrogen-bond acceptors (Lipinski definition) is 4. The van der Waals surface area contributed by atoms with Crippen molar-refractivity contribution in [2.75, 3.05) is 7.05 Å². The molecule has 1 atom stereocenters. The lowest BCUT2D eigenvalue weighted by molar-refractivity contribution is 0.310. The Balaban J connectivity index is 1.51. The predicted octanol–water partition coefficient (Wildman–Crippen LogP) is 5.04. The standard InChI is InChI=1S/C24H31N3OS/c1-15-6-11-18-19(12-15)29-23-21(18)22(28)25-20(26-23)14-27(5)13-16-7-9-17(10-8-16)24(2,3)4/h7-10,15H,6,11-14H2,1-5H3,(H,25,26,28). The van der Waals surface area contributed by atoms with Crippen LogP contribution in [0.3, 0.4) is 0 Å². The highest BCUT2D eigenvalue weighted by Gasteiger charge is 2.23. The lowest BCUT2D eigenvalue weighted by Crippen LogP contribution is -2.22. The van der Waals surface area contributed by atoms with Crippen molar-refractivity contribution in [1.29, 1.82) is 0 Å². The molecule has 2 aromatic heterocycles. The number of fused-ring (bicyclic) bond motifs is 3. The number of hydrogen-bond donors (Lipinski definition) is 1. The molecule has 0 saturated heterocycles. The molecular formula is C24H31N3OS. The van der Waals surface area contributed by atoms with Crippen molar-refractivity contribution in [2.45, 2.75) is 65.5 Å². The third-order valence-electron chi connectivity index (χ3n) is 5.91. The van der Waals surface area contributed by atoms with Crippen molar-refractivity contribution in [2.24, 2.45) is 5.92 Å². The zero-order valence-corrected chi connectivity index (χ0v) is 18.9. The average molecular weight is 410 g/mol. The van der Waals surface area contributed by atoms with E-state index in [9.17, 15) is 4.79 Å². The van der Waals surface area contributed by atoms with E-state index in [1.54, 1.807) is 11.3 Å². The van der Waals surface area contributed by atoms with Crippen molar-refractivity contribution in [3.8, 4) is 0 Å². The lowest BCUT2D eigenvalue weighted by atomic mass is 9.87. The number of thiophene rings is 1. The molecule has 29 heavy (non-hydrogen) atoms. The van der Waals surface area contributed by atoms with Gasteiger partial charge in [0.05, 0.1) is 11.9 Å². The zero-order chi connectivity index (χ0) is 20.8. The number of nitrogens with zero attached hydrogens (tertiary/aromatic N) is 2. The van der Waals surface area contributed by atoms with E-state index in [1.807, 2.05) is 0 Å². The first-order chi connectivity index (χ1) is 13.7. The second-order valence-electron chi connectivity index (χ2n) is 9.66. The average Bonchev–Trinajstić information content (AvgIpc) is 2.98. The van der Waals surface area contributed by atoms with Crippen molar-refractivity contribution < 1.29 is 0 Å². The van der Waals surface area contributed by atoms with Crippen molar-refractivity contribution in [3.63, 3.8) is 0 Å². The highest BCUT2D eigenvalue weighted by atomic mass is 32.1. The van der Waals surface area contributed by atoms with Gasteiger partial charge in [0.15, 0.2) is 0 Å². The Morgan fingerprint density at radius 2 is 1.93 bits per heavy atom. The van der Waals surface area contributed by atoms with Gasteiger partial charge in [0.1, 0.15) is 10.7 Å². The van der Waals surface area contributed by atoms with Crippen LogP contribution in [0.5, 0.6) is 0 Å². The molecule has 0 radical (unpaired) electrons. The minimum absolute atomic E-state index is 0.0278. The van der Waals surface area contributed by atoms with Gasteiger partial charge in [0.2, 0.25) is 0 Å². The molecule has 4 nitrogen and oxygen atoms in total. The summed E-state index contributed by atoms with van der Waals surface area (Å²) in [4.78, 5) is 25.1. The number of benzene rings is 1. The van der Waals surface area contributed by atoms with E-state index >= 15 is 0 Å².